The third kappa shape index (κ3) is 4.63. The zero-order chi connectivity index (χ0) is 13.1. The first-order valence-electron chi connectivity index (χ1n) is 4.91. The summed E-state index contributed by atoms with van der Waals surface area (Å²) >= 11 is 9.19. The molecule has 96 valence electrons. The molecule has 0 spiro atoms. The highest BCUT2D eigenvalue weighted by Crippen LogP contribution is 2.26. The summed E-state index contributed by atoms with van der Waals surface area (Å²) in [6.45, 7) is 1.88. The Bertz CT molecular complexity index is 498. The summed E-state index contributed by atoms with van der Waals surface area (Å²) in [5.41, 5.74) is 5.42. The second-order valence-corrected chi connectivity index (χ2v) is 8.38. The van der Waals surface area contributed by atoms with Crippen molar-refractivity contribution in [2.45, 2.75) is 30.0 Å². The Labute approximate surface area is 119 Å². The van der Waals surface area contributed by atoms with Crippen LogP contribution < -0.4 is 10.5 Å². The molecule has 1 atom stereocenters. The lowest BCUT2D eigenvalue weighted by atomic mass is 10.2. The molecule has 0 saturated heterocycles. The molecular formula is C9H13BrN2O2S3. The Balaban J connectivity index is 2.81. The number of thiocarbonyl (C=S) groups is 1. The minimum Gasteiger partial charge on any atom is -0.393 e. The van der Waals surface area contributed by atoms with Crippen LogP contribution in [0.2, 0.25) is 0 Å². The van der Waals surface area contributed by atoms with Crippen molar-refractivity contribution in [3.8, 4) is 0 Å². The van der Waals surface area contributed by atoms with Crippen LogP contribution in [0.25, 0.3) is 0 Å². The molecule has 1 aromatic heterocycles. The molecule has 0 radical (unpaired) electrons. The number of hydrogen-bond acceptors (Lipinski definition) is 4. The van der Waals surface area contributed by atoms with Gasteiger partial charge in [0.15, 0.2) is 0 Å². The van der Waals surface area contributed by atoms with E-state index in [-0.39, 0.29) is 10.3 Å². The SMILES string of the molecule is CCC(CC(N)=S)NS(=O)(=O)c1ccc(Br)s1. The minimum absolute atomic E-state index is 0.252. The number of rotatable bonds is 6. The van der Waals surface area contributed by atoms with Crippen LogP contribution in [0, 0.1) is 0 Å². The maximum Gasteiger partial charge on any atom is 0.250 e. The fraction of sp³-hybridized carbons (Fsp3) is 0.444. The second-order valence-electron chi connectivity index (χ2n) is 3.46. The number of sulfonamides is 1. The van der Waals surface area contributed by atoms with E-state index < -0.39 is 10.0 Å². The van der Waals surface area contributed by atoms with Crippen molar-refractivity contribution < 1.29 is 8.42 Å². The van der Waals surface area contributed by atoms with E-state index in [1.165, 1.54) is 11.3 Å². The van der Waals surface area contributed by atoms with E-state index in [4.69, 9.17) is 18.0 Å². The fourth-order valence-electron chi connectivity index (χ4n) is 1.23. The lowest BCUT2D eigenvalue weighted by molar-refractivity contribution is 0.548. The Kier molecular flexibility index (Phi) is 5.52. The first-order valence-corrected chi connectivity index (χ1v) is 8.41. The van der Waals surface area contributed by atoms with Crippen LogP contribution in [-0.4, -0.2) is 19.4 Å². The summed E-state index contributed by atoms with van der Waals surface area (Å²) in [5.74, 6) is 0. The highest BCUT2D eigenvalue weighted by Gasteiger charge is 2.21. The maximum atomic E-state index is 12.0. The van der Waals surface area contributed by atoms with Crippen molar-refractivity contribution in [1.29, 1.82) is 0 Å². The van der Waals surface area contributed by atoms with Gasteiger partial charge in [-0.3, -0.25) is 0 Å². The number of thiophene rings is 1. The first kappa shape index (κ1) is 15.0. The molecule has 0 aliphatic heterocycles. The monoisotopic (exact) mass is 356 g/mol. The predicted octanol–water partition coefficient (Wildman–Crippen LogP) is 2.24. The fourth-order valence-corrected chi connectivity index (χ4v) is 4.78. The van der Waals surface area contributed by atoms with Crippen molar-refractivity contribution in [1.82, 2.24) is 4.72 Å². The standard InChI is InChI=1S/C9H13BrN2O2S3/c1-2-6(5-8(11)15)12-17(13,14)9-4-3-7(10)16-9/h3-4,6,12H,2,5H2,1H3,(H2,11,15). The van der Waals surface area contributed by atoms with Gasteiger partial charge in [-0.2, -0.15) is 0 Å². The van der Waals surface area contributed by atoms with Gasteiger partial charge in [0.1, 0.15) is 4.21 Å². The third-order valence-corrected chi connectivity index (χ3v) is 5.88. The van der Waals surface area contributed by atoms with Gasteiger partial charge in [0, 0.05) is 12.5 Å². The molecule has 1 heterocycles. The second kappa shape index (κ2) is 6.24. The van der Waals surface area contributed by atoms with Gasteiger partial charge >= 0.3 is 0 Å². The molecule has 3 N–H and O–H groups in total. The van der Waals surface area contributed by atoms with E-state index in [2.05, 4.69) is 20.7 Å². The van der Waals surface area contributed by atoms with Gasteiger partial charge in [-0.15, -0.1) is 11.3 Å². The quantitative estimate of drug-likeness (QED) is 0.766. The summed E-state index contributed by atoms with van der Waals surface area (Å²) in [6, 6.07) is 3.01. The van der Waals surface area contributed by atoms with Crippen LogP contribution in [0.4, 0.5) is 0 Å². The Morgan fingerprint density at radius 3 is 2.71 bits per heavy atom. The number of hydrogen-bond donors (Lipinski definition) is 2. The van der Waals surface area contributed by atoms with Gasteiger partial charge < -0.3 is 5.73 Å². The molecule has 17 heavy (non-hydrogen) atoms. The normalized spacial score (nSPS) is 13.5. The summed E-state index contributed by atoms with van der Waals surface area (Å²) in [7, 11) is -3.47. The molecular weight excluding hydrogens is 344 g/mol. The first-order chi connectivity index (χ1) is 7.85. The lowest BCUT2D eigenvalue weighted by Crippen LogP contribution is -2.36. The molecule has 1 aromatic rings. The molecule has 0 amide bonds. The van der Waals surface area contributed by atoms with Crippen LogP contribution in [0.5, 0.6) is 0 Å². The zero-order valence-corrected chi connectivity index (χ0v) is 13.2. The molecule has 8 heteroatoms. The molecule has 0 fully saturated rings. The molecule has 0 aromatic carbocycles. The van der Waals surface area contributed by atoms with Crippen molar-refractivity contribution >= 4 is 54.5 Å². The summed E-state index contributed by atoms with van der Waals surface area (Å²) in [6.07, 6.45) is 1.01. The molecule has 0 saturated carbocycles. The average Bonchev–Trinajstić information content (AvgIpc) is 2.63. The summed E-state index contributed by atoms with van der Waals surface area (Å²) in [5, 5.41) is 0. The highest BCUT2D eigenvalue weighted by molar-refractivity contribution is 9.11. The molecule has 4 nitrogen and oxygen atoms in total. The molecule has 1 unspecified atom stereocenters. The predicted molar refractivity (Wildman–Crippen MR) is 77.8 cm³/mol. The van der Waals surface area contributed by atoms with Crippen LogP contribution >= 0.6 is 39.5 Å². The Hall–Kier alpha value is -0.0200. The van der Waals surface area contributed by atoms with Crippen LogP contribution in [0.1, 0.15) is 19.8 Å². The van der Waals surface area contributed by atoms with Crippen molar-refractivity contribution in [2.24, 2.45) is 5.73 Å². The minimum atomic E-state index is -3.47. The lowest BCUT2D eigenvalue weighted by Gasteiger charge is -2.15. The van der Waals surface area contributed by atoms with E-state index in [1.54, 1.807) is 12.1 Å². The third-order valence-electron chi connectivity index (χ3n) is 2.08. The molecule has 0 bridgehead atoms. The van der Waals surface area contributed by atoms with Crippen LogP contribution in [-0.2, 0) is 10.0 Å². The van der Waals surface area contributed by atoms with Crippen molar-refractivity contribution in [3.05, 3.63) is 15.9 Å². The van der Waals surface area contributed by atoms with E-state index in [0.29, 0.717) is 17.8 Å². The Morgan fingerprint density at radius 1 is 1.65 bits per heavy atom. The number of nitrogens with two attached hydrogens (primary N) is 1. The summed E-state index contributed by atoms with van der Waals surface area (Å²) < 4.78 is 27.6. The van der Waals surface area contributed by atoms with Gasteiger partial charge in [-0.1, -0.05) is 19.1 Å². The van der Waals surface area contributed by atoms with Gasteiger partial charge in [-0.25, -0.2) is 13.1 Å². The van der Waals surface area contributed by atoms with Crippen LogP contribution in [0.3, 0.4) is 0 Å². The number of halogens is 1. The van der Waals surface area contributed by atoms with Crippen molar-refractivity contribution in [2.75, 3.05) is 0 Å². The van der Waals surface area contributed by atoms with E-state index >= 15 is 0 Å². The van der Waals surface area contributed by atoms with E-state index in [9.17, 15) is 8.42 Å². The summed E-state index contributed by atoms with van der Waals surface area (Å²) in [4.78, 5) is 0.312. The topological polar surface area (TPSA) is 72.2 Å². The van der Waals surface area contributed by atoms with Crippen molar-refractivity contribution in [3.63, 3.8) is 0 Å². The average molecular weight is 357 g/mol. The van der Waals surface area contributed by atoms with Gasteiger partial charge in [-0.05, 0) is 34.5 Å². The Morgan fingerprint density at radius 2 is 2.29 bits per heavy atom. The molecule has 0 aliphatic carbocycles. The van der Waals surface area contributed by atoms with E-state index in [1.807, 2.05) is 6.92 Å². The van der Waals surface area contributed by atoms with Crippen LogP contribution in [0.15, 0.2) is 20.1 Å². The zero-order valence-electron chi connectivity index (χ0n) is 9.14. The molecule has 1 rings (SSSR count). The molecule has 0 aliphatic rings. The number of nitrogens with one attached hydrogen (secondary N) is 1. The smallest absolute Gasteiger partial charge is 0.250 e. The van der Waals surface area contributed by atoms with Gasteiger partial charge in [0.25, 0.3) is 0 Å². The maximum absolute atomic E-state index is 12.0. The highest BCUT2D eigenvalue weighted by atomic mass is 79.9. The van der Waals surface area contributed by atoms with E-state index in [0.717, 1.165) is 3.79 Å². The largest absolute Gasteiger partial charge is 0.393 e. The van der Waals surface area contributed by atoms with Gasteiger partial charge in [0.2, 0.25) is 10.0 Å². The van der Waals surface area contributed by atoms with Gasteiger partial charge in [0.05, 0.1) is 8.77 Å².